The third-order valence-corrected chi connectivity index (χ3v) is 3.20. The number of benzene rings is 2. The Morgan fingerprint density at radius 3 is 2.40 bits per heavy atom. The van der Waals surface area contributed by atoms with Gasteiger partial charge in [0, 0.05) is 6.07 Å². The Morgan fingerprint density at radius 2 is 1.80 bits per heavy atom. The first-order valence-corrected chi connectivity index (χ1v) is 7.08. The third-order valence-electron chi connectivity index (χ3n) is 3.20. The number of anilines is 1. The van der Waals surface area contributed by atoms with Crippen LogP contribution in [0.1, 0.15) is 22.8 Å². The van der Waals surface area contributed by atoms with E-state index in [0.717, 1.165) is 18.2 Å². The van der Waals surface area contributed by atoms with E-state index in [1.54, 1.807) is 0 Å². The predicted octanol–water partition coefficient (Wildman–Crippen LogP) is 4.06. The molecule has 25 heavy (non-hydrogen) atoms. The highest BCUT2D eigenvalue weighted by atomic mass is 19.4. The van der Waals surface area contributed by atoms with Crippen molar-refractivity contribution in [3.8, 4) is 5.75 Å². The van der Waals surface area contributed by atoms with Gasteiger partial charge in [0.2, 0.25) is 0 Å². The van der Waals surface area contributed by atoms with Crippen LogP contribution in [0.3, 0.4) is 0 Å². The van der Waals surface area contributed by atoms with Crippen LogP contribution < -0.4 is 10.1 Å². The highest BCUT2D eigenvalue weighted by molar-refractivity contribution is 5.94. The van der Waals surface area contributed by atoms with Gasteiger partial charge in [-0.3, -0.25) is 9.59 Å². The van der Waals surface area contributed by atoms with Crippen LogP contribution in [0.15, 0.2) is 42.5 Å². The van der Waals surface area contributed by atoms with Gasteiger partial charge in [0.15, 0.2) is 12.4 Å². The highest BCUT2D eigenvalue weighted by Crippen LogP contribution is 2.34. The van der Waals surface area contributed by atoms with Gasteiger partial charge in [-0.2, -0.15) is 13.2 Å². The second-order valence-electron chi connectivity index (χ2n) is 5.08. The molecule has 0 aliphatic heterocycles. The number of para-hydroxylation sites is 1. The highest BCUT2D eigenvalue weighted by Gasteiger charge is 2.33. The largest absolute Gasteiger partial charge is 0.484 e. The number of nitrogens with one attached hydrogen (secondary N) is 1. The summed E-state index contributed by atoms with van der Waals surface area (Å²) in [5, 5.41) is 2.10. The molecule has 0 aliphatic rings. The van der Waals surface area contributed by atoms with Crippen LogP contribution in [0.4, 0.5) is 23.2 Å². The zero-order valence-corrected chi connectivity index (χ0v) is 13.0. The van der Waals surface area contributed by atoms with E-state index in [2.05, 4.69) is 5.32 Å². The van der Waals surface area contributed by atoms with E-state index in [4.69, 9.17) is 4.74 Å². The minimum atomic E-state index is -4.61. The van der Waals surface area contributed by atoms with E-state index >= 15 is 0 Å². The Bertz CT molecular complexity index is 803. The fourth-order valence-corrected chi connectivity index (χ4v) is 2.05. The molecule has 4 nitrogen and oxygen atoms in total. The van der Waals surface area contributed by atoms with Crippen molar-refractivity contribution in [2.24, 2.45) is 0 Å². The lowest BCUT2D eigenvalue weighted by atomic mass is 10.1. The summed E-state index contributed by atoms with van der Waals surface area (Å²) in [5.74, 6) is -2.15. The monoisotopic (exact) mass is 355 g/mol. The summed E-state index contributed by atoms with van der Waals surface area (Å²) in [6, 6.07) is 7.92. The van der Waals surface area contributed by atoms with Crippen LogP contribution in [0.25, 0.3) is 0 Å². The first-order chi connectivity index (χ1) is 11.7. The maximum absolute atomic E-state index is 13.6. The molecular formula is C17H13F4NO3. The van der Waals surface area contributed by atoms with Crippen molar-refractivity contribution < 1.29 is 31.9 Å². The number of carbonyl (C=O) groups is 2. The maximum atomic E-state index is 13.6. The van der Waals surface area contributed by atoms with Gasteiger partial charge in [-0.05, 0) is 31.2 Å². The van der Waals surface area contributed by atoms with Crippen molar-refractivity contribution in [3.05, 3.63) is 59.4 Å². The summed E-state index contributed by atoms with van der Waals surface area (Å²) in [6.07, 6.45) is -4.61. The van der Waals surface area contributed by atoms with Gasteiger partial charge in [0.05, 0.1) is 16.8 Å². The van der Waals surface area contributed by atoms with E-state index in [9.17, 15) is 27.2 Å². The molecule has 0 saturated heterocycles. The van der Waals surface area contributed by atoms with Gasteiger partial charge in [-0.25, -0.2) is 4.39 Å². The lowest BCUT2D eigenvalue weighted by molar-refractivity contribution is -0.137. The number of Topliss-reactive ketones (excluding diaryl/α,β-unsaturated/α-hetero) is 1. The van der Waals surface area contributed by atoms with E-state index in [-0.39, 0.29) is 11.3 Å². The molecule has 2 aromatic carbocycles. The predicted molar refractivity (Wildman–Crippen MR) is 82.0 cm³/mol. The minimum absolute atomic E-state index is 0.0262. The zero-order valence-electron chi connectivity index (χ0n) is 13.0. The van der Waals surface area contributed by atoms with E-state index in [1.165, 1.54) is 31.2 Å². The Balaban J connectivity index is 2.03. The van der Waals surface area contributed by atoms with Crippen LogP contribution in [0, 0.1) is 5.82 Å². The maximum Gasteiger partial charge on any atom is 0.418 e. The second kappa shape index (κ2) is 7.33. The molecular weight excluding hydrogens is 342 g/mol. The number of amides is 1. The summed E-state index contributed by atoms with van der Waals surface area (Å²) < 4.78 is 57.2. The molecule has 0 aromatic heterocycles. The molecule has 0 heterocycles. The molecule has 2 rings (SSSR count). The Morgan fingerprint density at radius 1 is 1.12 bits per heavy atom. The molecule has 132 valence electrons. The van der Waals surface area contributed by atoms with Gasteiger partial charge in [0.25, 0.3) is 5.91 Å². The normalized spacial score (nSPS) is 11.1. The van der Waals surface area contributed by atoms with Crippen molar-refractivity contribution in [1.29, 1.82) is 0 Å². The molecule has 0 atom stereocenters. The lowest BCUT2D eigenvalue weighted by Gasteiger charge is -2.14. The number of rotatable bonds is 5. The van der Waals surface area contributed by atoms with E-state index in [0.29, 0.717) is 0 Å². The zero-order chi connectivity index (χ0) is 18.6. The molecule has 0 spiro atoms. The Kier molecular flexibility index (Phi) is 5.41. The fourth-order valence-electron chi connectivity index (χ4n) is 2.05. The number of carbonyl (C=O) groups excluding carboxylic acids is 2. The molecule has 0 aliphatic carbocycles. The quantitative estimate of drug-likeness (QED) is 0.650. The first kappa shape index (κ1) is 18.4. The summed E-state index contributed by atoms with van der Waals surface area (Å²) in [5.41, 5.74) is -1.52. The Hall–Kier alpha value is -2.90. The van der Waals surface area contributed by atoms with Gasteiger partial charge < -0.3 is 10.1 Å². The fraction of sp³-hybridized carbons (Fsp3) is 0.176. The van der Waals surface area contributed by atoms with E-state index in [1.807, 2.05) is 0 Å². The number of hydrogen-bond donors (Lipinski definition) is 1. The summed E-state index contributed by atoms with van der Waals surface area (Å²) in [7, 11) is 0. The van der Waals surface area contributed by atoms with Crippen LogP contribution in [0.5, 0.6) is 5.75 Å². The molecule has 1 N–H and O–H groups in total. The third kappa shape index (κ3) is 4.79. The van der Waals surface area contributed by atoms with Crippen LogP contribution >= 0.6 is 0 Å². The van der Waals surface area contributed by atoms with Crippen molar-refractivity contribution in [2.75, 3.05) is 11.9 Å². The van der Waals surface area contributed by atoms with Crippen molar-refractivity contribution in [2.45, 2.75) is 13.1 Å². The average Bonchev–Trinajstić information content (AvgIpc) is 2.52. The molecule has 2 aromatic rings. The van der Waals surface area contributed by atoms with Crippen LogP contribution in [-0.4, -0.2) is 18.3 Å². The first-order valence-electron chi connectivity index (χ1n) is 7.08. The molecule has 0 saturated carbocycles. The van der Waals surface area contributed by atoms with E-state index < -0.39 is 41.5 Å². The summed E-state index contributed by atoms with van der Waals surface area (Å²) >= 11 is 0. The number of halogens is 4. The lowest BCUT2D eigenvalue weighted by Crippen LogP contribution is -2.22. The topological polar surface area (TPSA) is 55.4 Å². The summed E-state index contributed by atoms with van der Waals surface area (Å²) in [4.78, 5) is 22.9. The minimum Gasteiger partial charge on any atom is -0.484 e. The van der Waals surface area contributed by atoms with Crippen LogP contribution in [-0.2, 0) is 11.0 Å². The molecule has 1 amide bonds. The number of ketones is 1. The number of ether oxygens (including phenoxy) is 1. The van der Waals surface area contributed by atoms with Gasteiger partial charge >= 0.3 is 6.18 Å². The molecule has 0 fully saturated rings. The van der Waals surface area contributed by atoms with Gasteiger partial charge in [-0.1, -0.05) is 12.1 Å². The molecule has 8 heteroatoms. The standard InChI is InChI=1S/C17H13F4NO3/c1-10(23)12-7-6-11(8-14(12)18)25-9-16(24)22-15-5-3-2-4-13(15)17(19,20)21/h2-8H,9H2,1H3,(H,22,24). The van der Waals surface area contributed by atoms with Gasteiger partial charge in [-0.15, -0.1) is 0 Å². The van der Waals surface area contributed by atoms with Crippen molar-refractivity contribution in [1.82, 2.24) is 0 Å². The van der Waals surface area contributed by atoms with Gasteiger partial charge in [0.1, 0.15) is 11.6 Å². The smallest absolute Gasteiger partial charge is 0.418 e. The van der Waals surface area contributed by atoms with Crippen molar-refractivity contribution in [3.63, 3.8) is 0 Å². The SMILES string of the molecule is CC(=O)c1ccc(OCC(=O)Nc2ccccc2C(F)(F)F)cc1F. The summed E-state index contributed by atoms with van der Waals surface area (Å²) in [6.45, 7) is 0.579. The second-order valence-corrected chi connectivity index (χ2v) is 5.08. The molecule has 0 bridgehead atoms. The Labute approximate surface area is 140 Å². The average molecular weight is 355 g/mol. The van der Waals surface area contributed by atoms with Crippen LogP contribution in [0.2, 0.25) is 0 Å². The molecule has 0 unspecified atom stereocenters. The number of alkyl halides is 3. The number of hydrogen-bond acceptors (Lipinski definition) is 3. The van der Waals surface area contributed by atoms with Crippen molar-refractivity contribution >= 4 is 17.4 Å². The molecule has 0 radical (unpaired) electrons.